The average molecular weight is 863 g/mol. The third-order valence-electron chi connectivity index (χ3n) is 15.1. The minimum atomic E-state index is 0.513. The number of rotatable bonds is 29. The Morgan fingerprint density at radius 2 is 0.629 bits per heavy atom. The summed E-state index contributed by atoms with van der Waals surface area (Å²) in [5.74, 6) is 4.76. The van der Waals surface area contributed by atoms with Crippen molar-refractivity contribution in [2.75, 3.05) is 105 Å². The Balaban J connectivity index is 1.000. The summed E-state index contributed by atoms with van der Waals surface area (Å²) in [7, 11) is 0. The van der Waals surface area contributed by atoms with Gasteiger partial charge in [0.1, 0.15) is 0 Å². The molecule has 0 aliphatic carbocycles. The van der Waals surface area contributed by atoms with Crippen LogP contribution in [-0.2, 0) is 12.8 Å². The molecule has 6 rings (SSSR count). The molecular weight excluding hydrogens is 769 g/mol. The summed E-state index contributed by atoms with van der Waals surface area (Å²) in [5, 5.41) is 0. The molecule has 0 bridgehead atoms. The Morgan fingerprint density at radius 1 is 0.355 bits per heavy atom. The predicted octanol–water partition coefficient (Wildman–Crippen LogP) is 5.66. The molecule has 2 aromatic carbocycles. The number of unbranched alkanes of at least 4 members (excludes halogenated alkanes) is 4. The molecule has 2 aromatic rings. The quantitative estimate of drug-likeness (QED) is 0.0800. The van der Waals surface area contributed by atoms with Crippen LogP contribution in [0.3, 0.4) is 0 Å². The van der Waals surface area contributed by atoms with Crippen LogP contribution in [0.4, 0.5) is 0 Å². The minimum Gasteiger partial charge on any atom is -0.490 e. The summed E-state index contributed by atoms with van der Waals surface area (Å²) in [6.07, 6.45) is 28.3. The second-order valence-corrected chi connectivity index (χ2v) is 20.4. The van der Waals surface area contributed by atoms with Crippen molar-refractivity contribution in [3.05, 3.63) is 47.5 Å². The van der Waals surface area contributed by atoms with E-state index in [2.05, 4.69) is 50.2 Å². The number of piperidine rings is 4. The van der Waals surface area contributed by atoms with Crippen LogP contribution in [0.1, 0.15) is 153 Å². The lowest BCUT2D eigenvalue weighted by Crippen LogP contribution is -3.12. The van der Waals surface area contributed by atoms with Crippen LogP contribution < -0.4 is 38.5 Å². The Bertz CT molecular complexity index is 1360. The zero-order chi connectivity index (χ0) is 42.9. The Labute approximate surface area is 379 Å². The standard InChI is InChI=1S/C54H90N4O4/c1-47(43-49-23-25-51(59-39-19-15-35-55-27-7-3-8-28-55)53(45-49)61-41-21-17-37-57-31-11-5-12-32-57)48(2)44-50-24-26-52(60-40-20-16-36-56-29-9-4-10-30-56)54(46-50)62-42-22-18-38-58-33-13-6-14-34-58/h23-26,45-48H,3-22,27-44H2,1-2H3/p+4/t47-,48+. The first-order chi connectivity index (χ1) is 30.6. The van der Waals surface area contributed by atoms with Crippen molar-refractivity contribution < 1.29 is 38.5 Å². The highest BCUT2D eigenvalue weighted by molar-refractivity contribution is 5.44. The summed E-state index contributed by atoms with van der Waals surface area (Å²) in [6, 6.07) is 13.6. The SMILES string of the molecule is C[C@H](Cc1ccc(OCCCC[NH+]2CCCCC2)c(OCCCC[NH+]2CCCCC2)c1)[C@@H](C)Cc1ccc(OCCCC[NH+]2CCCCC2)c(OCCCC[NH+]2CCCCC2)c1. The monoisotopic (exact) mass is 863 g/mol. The van der Waals surface area contributed by atoms with Crippen molar-refractivity contribution in [1.82, 2.24) is 0 Å². The van der Waals surface area contributed by atoms with Crippen molar-refractivity contribution in [2.45, 2.75) is 155 Å². The van der Waals surface area contributed by atoms with E-state index in [1.807, 2.05) is 0 Å². The molecule has 0 unspecified atom stereocenters. The summed E-state index contributed by atoms with van der Waals surface area (Å²) in [4.78, 5) is 7.16. The zero-order valence-corrected chi connectivity index (χ0v) is 40.1. The van der Waals surface area contributed by atoms with Gasteiger partial charge in [0.05, 0.1) is 105 Å². The van der Waals surface area contributed by atoms with E-state index >= 15 is 0 Å². The van der Waals surface area contributed by atoms with Crippen LogP contribution in [0.25, 0.3) is 0 Å². The van der Waals surface area contributed by atoms with E-state index in [1.165, 1.54) is 192 Å². The van der Waals surface area contributed by atoms with E-state index in [0.29, 0.717) is 11.8 Å². The first-order valence-corrected chi connectivity index (χ1v) is 26.7. The molecule has 4 fully saturated rings. The number of quaternary nitrogens is 4. The molecule has 8 heteroatoms. The van der Waals surface area contributed by atoms with Crippen molar-refractivity contribution in [3.63, 3.8) is 0 Å². The van der Waals surface area contributed by atoms with Gasteiger partial charge in [-0.3, -0.25) is 0 Å². The Kier molecular flexibility index (Phi) is 23.0. The van der Waals surface area contributed by atoms with Gasteiger partial charge in [0.25, 0.3) is 0 Å². The molecule has 4 aliphatic rings. The van der Waals surface area contributed by atoms with Gasteiger partial charge in [-0.05, 0) is 188 Å². The molecule has 2 atom stereocenters. The fourth-order valence-electron chi connectivity index (χ4n) is 10.8. The van der Waals surface area contributed by atoms with E-state index in [1.54, 1.807) is 19.6 Å². The number of ether oxygens (including phenoxy) is 4. The number of hydrogen-bond donors (Lipinski definition) is 4. The van der Waals surface area contributed by atoms with Crippen LogP contribution >= 0.6 is 0 Å². The first kappa shape index (κ1) is 48.9. The van der Waals surface area contributed by atoms with Gasteiger partial charge in [0.15, 0.2) is 23.0 Å². The second-order valence-electron chi connectivity index (χ2n) is 20.4. The molecule has 4 saturated heterocycles. The summed E-state index contributed by atoms with van der Waals surface area (Å²) < 4.78 is 26.0. The molecule has 8 nitrogen and oxygen atoms in total. The van der Waals surface area contributed by atoms with Gasteiger partial charge >= 0.3 is 0 Å². The molecule has 350 valence electrons. The topological polar surface area (TPSA) is 54.7 Å². The van der Waals surface area contributed by atoms with E-state index in [9.17, 15) is 0 Å². The van der Waals surface area contributed by atoms with E-state index < -0.39 is 0 Å². The van der Waals surface area contributed by atoms with Gasteiger partial charge < -0.3 is 38.5 Å². The fraction of sp³-hybridized carbons (Fsp3) is 0.778. The maximum absolute atomic E-state index is 6.56. The third-order valence-corrected chi connectivity index (χ3v) is 15.1. The number of nitrogens with one attached hydrogen (secondary N) is 4. The maximum atomic E-state index is 6.56. The molecule has 0 aromatic heterocycles. The maximum Gasteiger partial charge on any atom is 0.161 e. The highest BCUT2D eigenvalue weighted by Gasteiger charge is 2.20. The molecule has 4 heterocycles. The highest BCUT2D eigenvalue weighted by Crippen LogP contribution is 2.33. The predicted molar refractivity (Wildman–Crippen MR) is 255 cm³/mol. The second kappa shape index (κ2) is 29.1. The third kappa shape index (κ3) is 18.5. The number of benzene rings is 2. The molecule has 4 aliphatic heterocycles. The molecule has 0 spiro atoms. The minimum absolute atomic E-state index is 0.513. The largest absolute Gasteiger partial charge is 0.490 e. The average Bonchev–Trinajstić information content (AvgIpc) is 3.31. The van der Waals surface area contributed by atoms with Crippen molar-refractivity contribution in [1.29, 1.82) is 0 Å². The van der Waals surface area contributed by atoms with Gasteiger partial charge in [-0.1, -0.05) is 26.0 Å². The number of likely N-dealkylation sites (tertiary alicyclic amines) is 4. The fourth-order valence-corrected chi connectivity index (χ4v) is 10.8. The molecule has 0 radical (unpaired) electrons. The summed E-state index contributed by atoms with van der Waals surface area (Å²) in [6.45, 7) is 23.9. The molecule has 62 heavy (non-hydrogen) atoms. The zero-order valence-electron chi connectivity index (χ0n) is 40.1. The van der Waals surface area contributed by atoms with Crippen molar-refractivity contribution in [2.24, 2.45) is 11.8 Å². The molecule has 0 amide bonds. The lowest BCUT2D eigenvalue weighted by atomic mass is 9.85. The van der Waals surface area contributed by atoms with Crippen LogP contribution in [0.15, 0.2) is 36.4 Å². The van der Waals surface area contributed by atoms with Gasteiger partial charge in [0, 0.05) is 0 Å². The molecule has 0 saturated carbocycles. The van der Waals surface area contributed by atoms with Crippen molar-refractivity contribution in [3.8, 4) is 23.0 Å². The van der Waals surface area contributed by atoms with Gasteiger partial charge in [-0.15, -0.1) is 0 Å². The van der Waals surface area contributed by atoms with E-state index in [4.69, 9.17) is 18.9 Å². The number of hydrogen-bond acceptors (Lipinski definition) is 4. The summed E-state index contributed by atoms with van der Waals surface area (Å²) >= 11 is 0. The van der Waals surface area contributed by atoms with Gasteiger partial charge in [-0.2, -0.15) is 0 Å². The Morgan fingerprint density at radius 3 is 0.919 bits per heavy atom. The van der Waals surface area contributed by atoms with Crippen LogP contribution in [0.5, 0.6) is 23.0 Å². The van der Waals surface area contributed by atoms with Crippen LogP contribution in [0, 0.1) is 11.8 Å². The van der Waals surface area contributed by atoms with Gasteiger partial charge in [0.2, 0.25) is 0 Å². The van der Waals surface area contributed by atoms with Crippen LogP contribution in [0.2, 0.25) is 0 Å². The Hall–Kier alpha value is -2.52. The lowest BCUT2D eigenvalue weighted by Gasteiger charge is -2.24. The molecule has 4 N–H and O–H groups in total. The normalized spacial score (nSPS) is 19.6. The van der Waals surface area contributed by atoms with E-state index in [0.717, 1.165) is 88.0 Å². The molecular formula is C54H94N4O4+4. The van der Waals surface area contributed by atoms with Crippen LogP contribution in [-0.4, -0.2) is 105 Å². The van der Waals surface area contributed by atoms with Gasteiger partial charge in [-0.25, -0.2) is 0 Å². The lowest BCUT2D eigenvalue weighted by molar-refractivity contribution is -0.905. The highest BCUT2D eigenvalue weighted by atomic mass is 16.5. The first-order valence-electron chi connectivity index (χ1n) is 26.7. The smallest absolute Gasteiger partial charge is 0.161 e. The van der Waals surface area contributed by atoms with Crippen molar-refractivity contribution >= 4 is 0 Å². The summed E-state index contributed by atoms with van der Waals surface area (Å²) in [5.41, 5.74) is 2.69. The van der Waals surface area contributed by atoms with E-state index in [-0.39, 0.29) is 0 Å².